The van der Waals surface area contributed by atoms with E-state index in [0.29, 0.717) is 11.3 Å². The molecule has 1 saturated heterocycles. The van der Waals surface area contributed by atoms with Gasteiger partial charge >= 0.3 is 41.5 Å². The molecule has 0 aromatic rings. The zero-order valence-corrected chi connectivity index (χ0v) is 10.4. The Labute approximate surface area is 135 Å². The molecule has 0 radical (unpaired) electrons. The molecule has 19 heavy (non-hydrogen) atoms. The van der Waals surface area contributed by atoms with E-state index in [9.17, 15) is 14.4 Å². The van der Waals surface area contributed by atoms with Crippen LogP contribution < -0.4 is 5.73 Å². The molecule has 0 aromatic heterocycles. The van der Waals surface area contributed by atoms with E-state index in [1.54, 1.807) is 0 Å². The Bertz CT molecular complexity index is 467. The Hall–Kier alpha value is -0.540. The summed E-state index contributed by atoms with van der Waals surface area (Å²) in [7, 11) is 0. The summed E-state index contributed by atoms with van der Waals surface area (Å²) in [4.78, 5) is 34.7. The second kappa shape index (κ2) is 6.27. The zero-order valence-electron chi connectivity index (χ0n) is 9.58. The van der Waals surface area contributed by atoms with Gasteiger partial charge in [0.1, 0.15) is 23.7 Å². The van der Waals surface area contributed by atoms with E-state index < -0.39 is 23.9 Å². The molecular weight excluding hydrogens is 283 g/mol. The Balaban J connectivity index is 0.00000180. The topological polar surface area (TPSA) is 110 Å². The molecule has 100 valence electrons. The van der Waals surface area contributed by atoms with Crippen molar-refractivity contribution in [1.29, 1.82) is 0 Å². The van der Waals surface area contributed by atoms with E-state index in [1.165, 1.54) is 23.6 Å². The summed E-state index contributed by atoms with van der Waals surface area (Å²) >= 11 is 1.37. The molecule has 0 spiro atoms. The van der Waals surface area contributed by atoms with Crippen LogP contribution >= 0.6 is 11.8 Å². The van der Waals surface area contributed by atoms with E-state index >= 15 is 0 Å². The first-order chi connectivity index (χ1) is 8.43. The van der Waals surface area contributed by atoms with Crippen LogP contribution in [0.3, 0.4) is 0 Å². The van der Waals surface area contributed by atoms with Crippen LogP contribution in [0.25, 0.3) is 0 Å². The SMILES string of the molecule is CC(=O)OCC1=C(C(=O)O)N2C(=O)C(N)C2SC1.[NaH]. The number of ether oxygens (including phenoxy) is 1. The predicted octanol–water partition coefficient (Wildman–Crippen LogP) is -1.52. The number of hydrogen-bond acceptors (Lipinski definition) is 6. The minimum atomic E-state index is -1.21. The molecule has 3 N–H and O–H groups in total. The number of carboxylic acid groups (broad SMARTS) is 1. The fraction of sp³-hybridized carbons (Fsp3) is 0.500. The van der Waals surface area contributed by atoms with Gasteiger partial charge in [-0.2, -0.15) is 0 Å². The van der Waals surface area contributed by atoms with Crippen LogP contribution in [0, 0.1) is 0 Å². The number of fused-ring (bicyclic) bond motifs is 1. The van der Waals surface area contributed by atoms with Crippen molar-refractivity contribution >= 4 is 59.2 Å². The van der Waals surface area contributed by atoms with E-state index in [1.807, 2.05) is 0 Å². The number of hydrogen-bond donors (Lipinski definition) is 2. The predicted molar refractivity (Wildman–Crippen MR) is 69.5 cm³/mol. The number of carbonyl (C=O) groups excluding carboxylic acids is 2. The molecule has 2 aliphatic heterocycles. The molecule has 2 rings (SSSR count). The Kier molecular flexibility index (Phi) is 5.45. The molecule has 1 amide bonds. The zero-order chi connectivity index (χ0) is 13.4. The van der Waals surface area contributed by atoms with Gasteiger partial charge in [0.05, 0.1) is 0 Å². The molecule has 2 aliphatic rings. The molecule has 0 bridgehead atoms. The molecular formula is C10H13N2NaO5S. The van der Waals surface area contributed by atoms with Crippen molar-refractivity contribution in [2.45, 2.75) is 18.3 Å². The molecule has 2 unspecified atom stereocenters. The van der Waals surface area contributed by atoms with Crippen LogP contribution in [-0.4, -0.2) is 81.2 Å². The minimum absolute atomic E-state index is 0. The van der Waals surface area contributed by atoms with Crippen molar-refractivity contribution < 1.29 is 24.2 Å². The molecule has 7 nitrogen and oxygen atoms in total. The van der Waals surface area contributed by atoms with Gasteiger partial charge in [-0.25, -0.2) is 4.79 Å². The van der Waals surface area contributed by atoms with Crippen molar-refractivity contribution in [3.63, 3.8) is 0 Å². The number of thioether (sulfide) groups is 1. The van der Waals surface area contributed by atoms with Crippen LogP contribution in [0.5, 0.6) is 0 Å². The fourth-order valence-electron chi connectivity index (χ4n) is 1.88. The van der Waals surface area contributed by atoms with Gasteiger partial charge in [0.25, 0.3) is 0 Å². The first-order valence-electron chi connectivity index (χ1n) is 5.22. The molecule has 2 atom stereocenters. The Morgan fingerprint density at radius 3 is 2.74 bits per heavy atom. The Morgan fingerprint density at radius 1 is 1.58 bits per heavy atom. The second-order valence-electron chi connectivity index (χ2n) is 3.97. The van der Waals surface area contributed by atoms with Gasteiger partial charge in [0.2, 0.25) is 5.91 Å². The van der Waals surface area contributed by atoms with Crippen LogP contribution in [-0.2, 0) is 19.1 Å². The van der Waals surface area contributed by atoms with Crippen molar-refractivity contribution in [3.05, 3.63) is 11.3 Å². The summed E-state index contributed by atoms with van der Waals surface area (Å²) in [6, 6.07) is -0.653. The van der Waals surface area contributed by atoms with E-state index in [0.717, 1.165) is 0 Å². The summed E-state index contributed by atoms with van der Waals surface area (Å²) in [6.07, 6.45) is 0. The summed E-state index contributed by atoms with van der Waals surface area (Å²) in [6.45, 7) is 1.13. The third-order valence-electron chi connectivity index (χ3n) is 2.74. The standard InChI is InChI=1S/C10H12N2O5S.Na.H/c1-4(13)17-2-5-3-18-9-6(11)8(14)12(9)7(5)10(15)16;;/h6,9H,2-3,11H2,1H3,(H,15,16);;. The monoisotopic (exact) mass is 296 g/mol. The number of amides is 1. The third-order valence-corrected chi connectivity index (χ3v) is 4.10. The maximum atomic E-state index is 11.6. The Morgan fingerprint density at radius 2 is 2.21 bits per heavy atom. The average Bonchev–Trinajstić information content (AvgIpc) is 2.33. The first-order valence-corrected chi connectivity index (χ1v) is 6.27. The van der Waals surface area contributed by atoms with Gasteiger partial charge in [-0.05, 0) is 0 Å². The van der Waals surface area contributed by atoms with Gasteiger partial charge in [0.15, 0.2) is 0 Å². The van der Waals surface area contributed by atoms with Crippen LogP contribution in [0.1, 0.15) is 6.92 Å². The first kappa shape index (κ1) is 16.5. The summed E-state index contributed by atoms with van der Waals surface area (Å²) in [5, 5.41) is 8.83. The number of rotatable bonds is 3. The van der Waals surface area contributed by atoms with E-state index in [2.05, 4.69) is 0 Å². The molecule has 1 fully saturated rings. The molecule has 0 aromatic carbocycles. The third kappa shape index (κ3) is 2.97. The summed E-state index contributed by atoms with van der Waals surface area (Å²) in [5.74, 6) is -1.73. The molecule has 0 saturated carbocycles. The second-order valence-corrected chi connectivity index (χ2v) is 5.08. The van der Waals surface area contributed by atoms with Crippen LogP contribution in [0.4, 0.5) is 0 Å². The van der Waals surface area contributed by atoms with Crippen molar-refractivity contribution in [2.75, 3.05) is 12.4 Å². The van der Waals surface area contributed by atoms with Gasteiger partial charge in [-0.1, -0.05) is 0 Å². The maximum absolute atomic E-state index is 11.6. The van der Waals surface area contributed by atoms with E-state index in [-0.39, 0.29) is 47.2 Å². The molecule has 2 heterocycles. The number of nitrogens with zero attached hydrogens (tertiary/aromatic N) is 1. The number of nitrogens with two attached hydrogens (primary N) is 1. The van der Waals surface area contributed by atoms with Crippen molar-refractivity contribution in [2.24, 2.45) is 5.73 Å². The van der Waals surface area contributed by atoms with Gasteiger partial charge in [0, 0.05) is 18.2 Å². The number of aliphatic carboxylic acids is 1. The summed E-state index contributed by atoms with van der Waals surface area (Å²) < 4.78 is 4.79. The average molecular weight is 296 g/mol. The molecule has 0 aliphatic carbocycles. The van der Waals surface area contributed by atoms with Crippen molar-refractivity contribution in [1.82, 2.24) is 4.90 Å². The van der Waals surface area contributed by atoms with Gasteiger partial charge in [-0.15, -0.1) is 11.8 Å². The van der Waals surface area contributed by atoms with Gasteiger partial charge < -0.3 is 15.6 Å². The summed E-state index contributed by atoms with van der Waals surface area (Å²) in [5.41, 5.74) is 5.90. The number of carboxylic acids is 1. The fourth-order valence-corrected chi connectivity index (χ4v) is 3.15. The van der Waals surface area contributed by atoms with Crippen LogP contribution in [0.2, 0.25) is 0 Å². The van der Waals surface area contributed by atoms with Crippen LogP contribution in [0.15, 0.2) is 11.3 Å². The number of β-lactam (4-membered cyclic amide) rings is 1. The number of carbonyl (C=O) groups is 3. The molecule has 9 heteroatoms. The normalized spacial score (nSPS) is 25.2. The van der Waals surface area contributed by atoms with E-state index in [4.69, 9.17) is 15.6 Å². The van der Waals surface area contributed by atoms with Gasteiger partial charge in [-0.3, -0.25) is 14.5 Å². The number of esters is 1. The quantitative estimate of drug-likeness (QED) is 0.370. The van der Waals surface area contributed by atoms with Crippen molar-refractivity contribution in [3.8, 4) is 0 Å².